The number of hydrogen-bond donors (Lipinski definition) is 1. The van der Waals surface area contributed by atoms with Crippen molar-refractivity contribution in [2.45, 2.75) is 31.2 Å². The molecule has 3 heteroatoms. The van der Waals surface area contributed by atoms with Crippen molar-refractivity contribution in [3.05, 3.63) is 41.4 Å². The molecule has 0 radical (unpaired) electrons. The van der Waals surface area contributed by atoms with E-state index in [1.807, 2.05) is 6.08 Å². The highest BCUT2D eigenvalue weighted by Crippen LogP contribution is 2.21. The van der Waals surface area contributed by atoms with Crippen LogP contribution in [0.15, 0.2) is 40.8 Å². The summed E-state index contributed by atoms with van der Waals surface area (Å²) in [6.45, 7) is 5.45. The van der Waals surface area contributed by atoms with E-state index in [1.54, 1.807) is 17.3 Å². The Labute approximate surface area is 114 Å². The standard InChI is InChI=1S/C14H20ClNS/c1-3-10-16-12(2)13-5-7-14(8-6-13)17-11-4-9-15/h4-9,12,16H,3,10-11H2,1-2H3. The summed E-state index contributed by atoms with van der Waals surface area (Å²) in [5.41, 5.74) is 2.91. The maximum absolute atomic E-state index is 5.48. The van der Waals surface area contributed by atoms with Gasteiger partial charge in [0.2, 0.25) is 0 Å². The average Bonchev–Trinajstić information content (AvgIpc) is 2.37. The van der Waals surface area contributed by atoms with Gasteiger partial charge in [0.05, 0.1) is 0 Å². The van der Waals surface area contributed by atoms with Crippen molar-refractivity contribution < 1.29 is 0 Å². The second-order valence-electron chi connectivity index (χ2n) is 3.92. The lowest BCUT2D eigenvalue weighted by Crippen LogP contribution is -2.19. The van der Waals surface area contributed by atoms with Gasteiger partial charge in [-0.05, 0) is 37.6 Å². The van der Waals surface area contributed by atoms with E-state index in [0.29, 0.717) is 6.04 Å². The molecule has 0 heterocycles. The van der Waals surface area contributed by atoms with Crippen LogP contribution in [0.2, 0.25) is 0 Å². The predicted molar refractivity (Wildman–Crippen MR) is 78.9 cm³/mol. The molecule has 0 amide bonds. The first-order valence-electron chi connectivity index (χ1n) is 5.99. The second-order valence-corrected chi connectivity index (χ2v) is 5.26. The third-order valence-corrected chi connectivity index (χ3v) is 3.66. The van der Waals surface area contributed by atoms with Crippen molar-refractivity contribution in [2.24, 2.45) is 0 Å². The molecule has 0 fully saturated rings. The average molecular weight is 270 g/mol. The maximum Gasteiger partial charge on any atom is 0.0291 e. The molecule has 0 spiro atoms. The Balaban J connectivity index is 2.48. The number of thioether (sulfide) groups is 1. The Morgan fingerprint density at radius 3 is 2.65 bits per heavy atom. The van der Waals surface area contributed by atoms with Crippen LogP contribution in [-0.2, 0) is 0 Å². The second kappa shape index (κ2) is 8.62. The number of benzene rings is 1. The lowest BCUT2D eigenvalue weighted by molar-refractivity contribution is 0.570. The summed E-state index contributed by atoms with van der Waals surface area (Å²) < 4.78 is 0. The molecule has 17 heavy (non-hydrogen) atoms. The van der Waals surface area contributed by atoms with Crippen LogP contribution in [0.25, 0.3) is 0 Å². The van der Waals surface area contributed by atoms with Gasteiger partial charge < -0.3 is 5.32 Å². The highest BCUT2D eigenvalue weighted by molar-refractivity contribution is 7.99. The zero-order chi connectivity index (χ0) is 12.5. The van der Waals surface area contributed by atoms with Gasteiger partial charge in [0.15, 0.2) is 0 Å². The molecule has 0 aliphatic heterocycles. The van der Waals surface area contributed by atoms with Gasteiger partial charge >= 0.3 is 0 Å². The topological polar surface area (TPSA) is 12.0 Å². The zero-order valence-electron chi connectivity index (χ0n) is 10.4. The molecule has 0 aliphatic carbocycles. The van der Waals surface area contributed by atoms with E-state index in [-0.39, 0.29) is 0 Å². The molecule has 0 bridgehead atoms. The Morgan fingerprint density at radius 2 is 2.06 bits per heavy atom. The van der Waals surface area contributed by atoms with E-state index in [9.17, 15) is 0 Å². The highest BCUT2D eigenvalue weighted by Gasteiger charge is 2.03. The Hall–Kier alpha value is -0.440. The third-order valence-electron chi connectivity index (χ3n) is 2.52. The molecule has 1 aromatic rings. The van der Waals surface area contributed by atoms with E-state index in [2.05, 4.69) is 43.4 Å². The van der Waals surface area contributed by atoms with Crippen LogP contribution in [0.3, 0.4) is 0 Å². The fourth-order valence-corrected chi connectivity index (χ4v) is 2.42. The molecule has 1 aromatic carbocycles. The highest BCUT2D eigenvalue weighted by atomic mass is 35.5. The molecule has 1 N–H and O–H groups in total. The summed E-state index contributed by atoms with van der Waals surface area (Å²) >= 11 is 7.27. The van der Waals surface area contributed by atoms with Gasteiger partial charge in [-0.2, -0.15) is 0 Å². The van der Waals surface area contributed by atoms with E-state index < -0.39 is 0 Å². The Morgan fingerprint density at radius 1 is 1.35 bits per heavy atom. The van der Waals surface area contributed by atoms with Gasteiger partial charge in [-0.25, -0.2) is 0 Å². The van der Waals surface area contributed by atoms with Crippen molar-refractivity contribution in [1.29, 1.82) is 0 Å². The molecule has 94 valence electrons. The van der Waals surface area contributed by atoms with E-state index in [0.717, 1.165) is 12.3 Å². The lowest BCUT2D eigenvalue weighted by atomic mass is 10.1. The zero-order valence-corrected chi connectivity index (χ0v) is 12.0. The van der Waals surface area contributed by atoms with Crippen LogP contribution in [0.5, 0.6) is 0 Å². The fourth-order valence-electron chi connectivity index (χ4n) is 1.51. The summed E-state index contributed by atoms with van der Waals surface area (Å²) in [5.74, 6) is 0.923. The summed E-state index contributed by atoms with van der Waals surface area (Å²) in [6.07, 6.45) is 3.12. The van der Waals surface area contributed by atoms with Crippen LogP contribution in [0.4, 0.5) is 0 Å². The molecular formula is C14H20ClNS. The molecule has 0 saturated carbocycles. The SMILES string of the molecule is CCCNC(C)c1ccc(SCC=CCl)cc1. The first-order chi connectivity index (χ1) is 8.27. The first-order valence-corrected chi connectivity index (χ1v) is 7.41. The summed E-state index contributed by atoms with van der Waals surface area (Å²) in [7, 11) is 0. The molecule has 1 rings (SSSR count). The number of hydrogen-bond acceptors (Lipinski definition) is 2. The van der Waals surface area contributed by atoms with Crippen LogP contribution >= 0.6 is 23.4 Å². The van der Waals surface area contributed by atoms with Gasteiger partial charge in [-0.15, -0.1) is 11.8 Å². The van der Waals surface area contributed by atoms with E-state index in [1.165, 1.54) is 16.9 Å². The van der Waals surface area contributed by atoms with Crippen molar-refractivity contribution in [3.8, 4) is 0 Å². The smallest absolute Gasteiger partial charge is 0.0291 e. The normalized spacial score (nSPS) is 13.1. The molecule has 0 aliphatic rings. The van der Waals surface area contributed by atoms with Crippen molar-refractivity contribution in [3.63, 3.8) is 0 Å². The third kappa shape index (κ3) is 5.62. The van der Waals surface area contributed by atoms with E-state index >= 15 is 0 Å². The summed E-state index contributed by atoms with van der Waals surface area (Å²) in [5, 5.41) is 3.48. The molecule has 0 saturated heterocycles. The van der Waals surface area contributed by atoms with Gasteiger partial charge in [0.25, 0.3) is 0 Å². The summed E-state index contributed by atoms with van der Waals surface area (Å²) in [4.78, 5) is 1.28. The van der Waals surface area contributed by atoms with E-state index in [4.69, 9.17) is 11.6 Å². The van der Waals surface area contributed by atoms with Gasteiger partial charge in [0.1, 0.15) is 0 Å². The van der Waals surface area contributed by atoms with Gasteiger partial charge in [-0.3, -0.25) is 0 Å². The predicted octanol–water partition coefficient (Wildman–Crippen LogP) is 4.59. The van der Waals surface area contributed by atoms with Crippen LogP contribution < -0.4 is 5.32 Å². The lowest BCUT2D eigenvalue weighted by Gasteiger charge is -2.13. The number of nitrogens with one attached hydrogen (secondary N) is 1. The minimum Gasteiger partial charge on any atom is -0.310 e. The first kappa shape index (κ1) is 14.6. The Bertz CT molecular complexity index is 335. The largest absolute Gasteiger partial charge is 0.310 e. The number of rotatable bonds is 7. The molecule has 1 unspecified atom stereocenters. The molecule has 1 atom stereocenters. The van der Waals surface area contributed by atoms with Crippen molar-refractivity contribution in [1.82, 2.24) is 5.32 Å². The minimum atomic E-state index is 0.428. The Kier molecular flexibility index (Phi) is 7.41. The fraction of sp³-hybridized carbons (Fsp3) is 0.429. The monoisotopic (exact) mass is 269 g/mol. The van der Waals surface area contributed by atoms with Crippen LogP contribution in [-0.4, -0.2) is 12.3 Å². The van der Waals surface area contributed by atoms with Crippen LogP contribution in [0, 0.1) is 0 Å². The molecule has 1 nitrogen and oxygen atoms in total. The molecule has 0 aromatic heterocycles. The minimum absolute atomic E-state index is 0.428. The van der Waals surface area contributed by atoms with Gasteiger partial charge in [0, 0.05) is 22.2 Å². The summed E-state index contributed by atoms with van der Waals surface area (Å²) in [6, 6.07) is 9.16. The van der Waals surface area contributed by atoms with Gasteiger partial charge in [-0.1, -0.05) is 36.7 Å². The van der Waals surface area contributed by atoms with Crippen molar-refractivity contribution in [2.75, 3.05) is 12.3 Å². The van der Waals surface area contributed by atoms with Crippen LogP contribution in [0.1, 0.15) is 31.9 Å². The quantitative estimate of drug-likeness (QED) is 0.727. The number of halogens is 1. The maximum atomic E-state index is 5.48. The molecular weight excluding hydrogens is 250 g/mol. The van der Waals surface area contributed by atoms with Crippen molar-refractivity contribution >= 4 is 23.4 Å².